The highest BCUT2D eigenvalue weighted by Gasteiger charge is 2.33. The summed E-state index contributed by atoms with van der Waals surface area (Å²) < 4.78 is 16.3. The third-order valence-electron chi connectivity index (χ3n) is 3.62. The largest absolute Gasteiger partial charge is 0.466 e. The van der Waals surface area contributed by atoms with Gasteiger partial charge in [-0.1, -0.05) is 0 Å². The Kier molecular flexibility index (Phi) is 5.14. The molecular weight excluding hydrogens is 298 g/mol. The zero-order chi connectivity index (χ0) is 17.2. The van der Waals surface area contributed by atoms with Crippen LogP contribution in [0.4, 0.5) is 4.79 Å². The van der Waals surface area contributed by atoms with Crippen LogP contribution in [0.1, 0.15) is 49.1 Å². The minimum absolute atomic E-state index is 0.0524. The summed E-state index contributed by atoms with van der Waals surface area (Å²) in [7, 11) is 0. The summed E-state index contributed by atoms with van der Waals surface area (Å²) in [6.07, 6.45) is -0.210. The molecule has 128 valence electrons. The van der Waals surface area contributed by atoms with Gasteiger partial charge in [0.05, 0.1) is 24.8 Å². The first-order valence-electron chi connectivity index (χ1n) is 7.85. The van der Waals surface area contributed by atoms with Crippen LogP contribution in [0, 0.1) is 13.8 Å². The molecule has 0 radical (unpaired) electrons. The highest BCUT2D eigenvalue weighted by Crippen LogP contribution is 2.21. The normalized spacial score (nSPS) is 18.8. The van der Waals surface area contributed by atoms with Crippen LogP contribution in [0.25, 0.3) is 0 Å². The number of rotatable bonds is 3. The van der Waals surface area contributed by atoms with Crippen molar-refractivity contribution in [2.45, 2.75) is 52.7 Å². The van der Waals surface area contributed by atoms with Gasteiger partial charge >= 0.3 is 6.09 Å². The summed E-state index contributed by atoms with van der Waals surface area (Å²) in [6.45, 7) is 10.3. The summed E-state index contributed by atoms with van der Waals surface area (Å²) >= 11 is 0. The van der Waals surface area contributed by atoms with E-state index in [-0.39, 0.29) is 18.2 Å². The fourth-order valence-corrected chi connectivity index (χ4v) is 2.62. The number of Topliss-reactive ketones (excluding diaryl/α,β-unsaturated/α-hetero) is 1. The number of carbonyl (C=O) groups is 2. The first-order valence-corrected chi connectivity index (χ1v) is 7.85. The van der Waals surface area contributed by atoms with E-state index in [1.807, 2.05) is 20.8 Å². The average Bonchev–Trinajstić information content (AvgIpc) is 2.76. The van der Waals surface area contributed by atoms with Crippen molar-refractivity contribution in [1.29, 1.82) is 0 Å². The van der Waals surface area contributed by atoms with E-state index in [1.54, 1.807) is 24.8 Å². The third-order valence-corrected chi connectivity index (χ3v) is 3.62. The van der Waals surface area contributed by atoms with Crippen molar-refractivity contribution in [3.63, 3.8) is 0 Å². The molecule has 1 fully saturated rings. The van der Waals surface area contributed by atoms with Crippen molar-refractivity contribution in [3.8, 4) is 0 Å². The predicted molar refractivity (Wildman–Crippen MR) is 84.7 cm³/mol. The third kappa shape index (κ3) is 4.58. The molecule has 1 aliphatic rings. The Bertz CT molecular complexity index is 584. The Hall–Kier alpha value is -1.82. The molecule has 0 aliphatic carbocycles. The van der Waals surface area contributed by atoms with Gasteiger partial charge in [-0.2, -0.15) is 0 Å². The van der Waals surface area contributed by atoms with Crippen molar-refractivity contribution in [1.82, 2.24) is 4.90 Å². The van der Waals surface area contributed by atoms with Gasteiger partial charge in [-0.25, -0.2) is 4.79 Å². The van der Waals surface area contributed by atoms with Crippen molar-refractivity contribution in [3.05, 3.63) is 23.2 Å². The Labute approximate surface area is 136 Å². The van der Waals surface area contributed by atoms with Crippen LogP contribution in [-0.4, -0.2) is 48.2 Å². The van der Waals surface area contributed by atoms with E-state index in [0.717, 1.165) is 0 Å². The molecule has 1 aromatic heterocycles. The van der Waals surface area contributed by atoms with Gasteiger partial charge in [-0.05, 0) is 40.7 Å². The maximum Gasteiger partial charge on any atom is 0.410 e. The quantitative estimate of drug-likeness (QED) is 0.800. The highest BCUT2D eigenvalue weighted by molar-refractivity contribution is 5.97. The highest BCUT2D eigenvalue weighted by atomic mass is 16.6. The van der Waals surface area contributed by atoms with E-state index in [9.17, 15) is 9.59 Å². The molecule has 1 aromatic rings. The van der Waals surface area contributed by atoms with Gasteiger partial charge in [0.2, 0.25) is 0 Å². The van der Waals surface area contributed by atoms with Crippen molar-refractivity contribution in [2.24, 2.45) is 0 Å². The molecule has 1 amide bonds. The molecule has 1 unspecified atom stereocenters. The van der Waals surface area contributed by atoms with Crippen LogP contribution in [0.5, 0.6) is 0 Å². The molecule has 0 bridgehead atoms. The molecule has 0 spiro atoms. The Balaban J connectivity index is 2.08. The van der Waals surface area contributed by atoms with Crippen LogP contribution in [-0.2, 0) is 9.47 Å². The first kappa shape index (κ1) is 17.5. The fraction of sp³-hybridized carbons (Fsp3) is 0.647. The predicted octanol–water partition coefficient (Wildman–Crippen LogP) is 3.11. The molecule has 6 nitrogen and oxygen atoms in total. The van der Waals surface area contributed by atoms with E-state index in [2.05, 4.69) is 0 Å². The molecule has 0 aromatic carbocycles. The van der Waals surface area contributed by atoms with Crippen LogP contribution in [0.15, 0.2) is 10.5 Å². The van der Waals surface area contributed by atoms with E-state index >= 15 is 0 Å². The lowest BCUT2D eigenvalue weighted by Crippen LogP contribution is -2.51. The molecule has 2 rings (SSSR count). The molecule has 23 heavy (non-hydrogen) atoms. The minimum Gasteiger partial charge on any atom is -0.466 e. The van der Waals surface area contributed by atoms with Crippen molar-refractivity contribution >= 4 is 11.9 Å². The molecule has 6 heteroatoms. The Morgan fingerprint density at radius 1 is 1.35 bits per heavy atom. The number of hydrogen-bond acceptors (Lipinski definition) is 5. The topological polar surface area (TPSA) is 69.0 Å². The Morgan fingerprint density at radius 2 is 2.04 bits per heavy atom. The van der Waals surface area contributed by atoms with Gasteiger partial charge in [-0.15, -0.1) is 0 Å². The van der Waals surface area contributed by atoms with Crippen LogP contribution < -0.4 is 0 Å². The molecule has 0 N–H and O–H groups in total. The summed E-state index contributed by atoms with van der Waals surface area (Å²) in [6, 6.07) is 1.42. The smallest absolute Gasteiger partial charge is 0.410 e. The van der Waals surface area contributed by atoms with Gasteiger partial charge in [-0.3, -0.25) is 4.79 Å². The number of morpholine rings is 1. The summed E-state index contributed by atoms with van der Waals surface area (Å²) in [5.41, 5.74) is -0.000394. The van der Waals surface area contributed by atoms with E-state index < -0.39 is 11.7 Å². The fourth-order valence-electron chi connectivity index (χ4n) is 2.62. The van der Waals surface area contributed by atoms with Gasteiger partial charge in [0, 0.05) is 13.0 Å². The number of nitrogens with zero attached hydrogens (tertiary/aromatic N) is 1. The maximum atomic E-state index is 12.5. The van der Waals surface area contributed by atoms with Gasteiger partial charge in [0.25, 0.3) is 0 Å². The van der Waals surface area contributed by atoms with Crippen LogP contribution in [0.3, 0.4) is 0 Å². The lowest BCUT2D eigenvalue weighted by Gasteiger charge is -2.36. The first-order chi connectivity index (χ1) is 10.7. The lowest BCUT2D eigenvalue weighted by molar-refractivity contribution is -0.0322. The van der Waals surface area contributed by atoms with E-state index in [0.29, 0.717) is 36.8 Å². The SMILES string of the molecule is Cc1cc(C(=O)CC2COCCN2C(=O)OC(C)(C)C)c(C)o1. The number of ketones is 1. The molecule has 1 saturated heterocycles. The second-order valence-electron chi connectivity index (χ2n) is 6.86. The summed E-state index contributed by atoms with van der Waals surface area (Å²) in [5.74, 6) is 1.26. The second-order valence-corrected chi connectivity index (χ2v) is 6.86. The molecule has 0 saturated carbocycles. The van der Waals surface area contributed by atoms with Gasteiger partial charge < -0.3 is 18.8 Å². The van der Waals surface area contributed by atoms with Crippen LogP contribution >= 0.6 is 0 Å². The second kappa shape index (κ2) is 6.74. The molecule has 1 aliphatic heterocycles. The lowest BCUT2D eigenvalue weighted by atomic mass is 10.0. The number of ether oxygens (including phenoxy) is 2. The summed E-state index contributed by atoms with van der Waals surface area (Å²) in [5, 5.41) is 0. The number of aryl methyl sites for hydroxylation is 2. The average molecular weight is 323 g/mol. The van der Waals surface area contributed by atoms with Crippen LogP contribution in [0.2, 0.25) is 0 Å². The number of carbonyl (C=O) groups excluding carboxylic acids is 2. The zero-order valence-corrected chi connectivity index (χ0v) is 14.5. The molecular formula is C17H25NO5. The number of furan rings is 1. The zero-order valence-electron chi connectivity index (χ0n) is 14.5. The van der Waals surface area contributed by atoms with Crippen molar-refractivity contribution in [2.75, 3.05) is 19.8 Å². The van der Waals surface area contributed by atoms with E-state index in [4.69, 9.17) is 13.9 Å². The number of hydrogen-bond donors (Lipinski definition) is 0. The monoisotopic (exact) mass is 323 g/mol. The van der Waals surface area contributed by atoms with Gasteiger partial charge in [0.15, 0.2) is 5.78 Å². The maximum absolute atomic E-state index is 12.5. The molecule has 1 atom stereocenters. The molecule has 2 heterocycles. The van der Waals surface area contributed by atoms with Gasteiger partial charge in [0.1, 0.15) is 17.1 Å². The minimum atomic E-state index is -0.567. The van der Waals surface area contributed by atoms with Crippen molar-refractivity contribution < 1.29 is 23.5 Å². The summed E-state index contributed by atoms with van der Waals surface area (Å²) in [4.78, 5) is 26.4. The Morgan fingerprint density at radius 3 is 2.61 bits per heavy atom. The number of amides is 1. The van der Waals surface area contributed by atoms with E-state index in [1.165, 1.54) is 0 Å². The standard InChI is InChI=1S/C17H25NO5/c1-11-8-14(12(2)22-11)15(19)9-13-10-21-7-6-18(13)16(20)23-17(3,4)5/h8,13H,6-7,9-10H2,1-5H3.